The van der Waals surface area contributed by atoms with E-state index in [0.29, 0.717) is 0 Å². The summed E-state index contributed by atoms with van der Waals surface area (Å²) in [7, 11) is 0. The van der Waals surface area contributed by atoms with E-state index in [1.165, 1.54) is 11.3 Å². The van der Waals surface area contributed by atoms with Gasteiger partial charge in [0.15, 0.2) is 12.3 Å². The molecule has 0 bridgehead atoms. The number of carbonyl (C=O) groups is 2. The number of thiophene rings is 1. The Morgan fingerprint density at radius 2 is 1.91 bits per heavy atom. The summed E-state index contributed by atoms with van der Waals surface area (Å²) < 4.78 is 5.12. The lowest BCUT2D eigenvalue weighted by Gasteiger charge is -2.30. The number of hydrogen-bond acceptors (Lipinski definition) is 6. The van der Waals surface area contributed by atoms with Crippen LogP contribution in [0.3, 0.4) is 0 Å². The Morgan fingerprint density at radius 3 is 2.48 bits per heavy atom. The zero-order chi connectivity index (χ0) is 17.0. The molecule has 0 aliphatic heterocycles. The maximum absolute atomic E-state index is 12.2. The summed E-state index contributed by atoms with van der Waals surface area (Å²) in [5.41, 5.74) is 1.23. The third-order valence-electron chi connectivity index (χ3n) is 3.21. The number of hydrogen-bond donors (Lipinski definition) is 0. The topological polar surface area (TPSA) is 59.5 Å². The monoisotopic (exact) mass is 352 g/mol. The second-order valence-electron chi connectivity index (χ2n) is 5.61. The van der Waals surface area contributed by atoms with Gasteiger partial charge in [-0.25, -0.2) is 9.78 Å². The van der Waals surface area contributed by atoms with Gasteiger partial charge in [0.2, 0.25) is 0 Å². The average molecular weight is 352 g/mol. The normalized spacial score (nSPS) is 11.0. The number of nitrogens with zero attached hydrogens (tertiary/aromatic N) is 2. The number of esters is 1. The second-order valence-corrected chi connectivity index (χ2v) is 7.25. The van der Waals surface area contributed by atoms with Crippen LogP contribution in [0.25, 0.3) is 10.6 Å². The molecule has 2 aromatic rings. The summed E-state index contributed by atoms with van der Waals surface area (Å²) in [5, 5.41) is 6.36. The molecule has 23 heavy (non-hydrogen) atoms. The minimum Gasteiger partial charge on any atom is -0.451 e. The summed E-state index contributed by atoms with van der Waals surface area (Å²) in [4.78, 5) is 30.2. The molecule has 2 heterocycles. The smallest absolute Gasteiger partial charge is 0.358 e. The molecule has 0 atom stereocenters. The van der Waals surface area contributed by atoms with Gasteiger partial charge in [0.25, 0.3) is 5.91 Å². The van der Waals surface area contributed by atoms with Crippen LogP contribution in [0.4, 0.5) is 0 Å². The van der Waals surface area contributed by atoms with Gasteiger partial charge in [0.1, 0.15) is 5.01 Å². The fraction of sp³-hybridized carbons (Fsp3) is 0.438. The van der Waals surface area contributed by atoms with Gasteiger partial charge >= 0.3 is 5.97 Å². The molecule has 0 saturated carbocycles. The van der Waals surface area contributed by atoms with Crippen molar-refractivity contribution in [2.75, 3.05) is 6.61 Å². The quantitative estimate of drug-likeness (QED) is 0.744. The van der Waals surface area contributed by atoms with Crippen LogP contribution in [0.5, 0.6) is 0 Å². The van der Waals surface area contributed by atoms with Crippen molar-refractivity contribution in [2.45, 2.75) is 39.8 Å². The molecule has 0 fully saturated rings. The summed E-state index contributed by atoms with van der Waals surface area (Å²) in [6.45, 7) is 7.49. The minimum atomic E-state index is -0.566. The van der Waals surface area contributed by atoms with Crippen molar-refractivity contribution in [1.82, 2.24) is 9.88 Å². The van der Waals surface area contributed by atoms with E-state index in [4.69, 9.17) is 4.74 Å². The third-order valence-corrected chi connectivity index (χ3v) is 4.78. The molecule has 7 heteroatoms. The van der Waals surface area contributed by atoms with Crippen LogP contribution < -0.4 is 0 Å². The summed E-state index contributed by atoms with van der Waals surface area (Å²) in [5.74, 6) is -0.764. The first-order valence-electron chi connectivity index (χ1n) is 7.36. The number of aromatic nitrogens is 1. The van der Waals surface area contributed by atoms with Gasteiger partial charge in [-0.15, -0.1) is 11.3 Å². The Kier molecular flexibility index (Phi) is 5.90. The van der Waals surface area contributed by atoms with Crippen LogP contribution in [0.1, 0.15) is 38.2 Å². The van der Waals surface area contributed by atoms with Crippen LogP contribution in [-0.2, 0) is 9.53 Å². The standard InChI is InChI=1S/C16H20N2O3S2/c1-10(2)18(11(3)4)14(19)7-21-16(20)13-9-23-15(17-13)12-5-6-22-8-12/h5-6,8-11H,7H2,1-4H3. The second kappa shape index (κ2) is 7.70. The number of carbonyl (C=O) groups excluding carboxylic acids is 2. The number of amides is 1. The van der Waals surface area contributed by atoms with Crippen LogP contribution in [0, 0.1) is 0 Å². The number of rotatable bonds is 6. The van der Waals surface area contributed by atoms with Gasteiger partial charge in [0.05, 0.1) is 0 Å². The van der Waals surface area contributed by atoms with E-state index in [9.17, 15) is 9.59 Å². The van der Waals surface area contributed by atoms with Gasteiger partial charge in [0, 0.05) is 28.4 Å². The third kappa shape index (κ3) is 4.39. The number of thiazole rings is 1. The first kappa shape index (κ1) is 17.6. The SMILES string of the molecule is CC(C)N(C(=O)COC(=O)c1csc(-c2ccsc2)n1)C(C)C. The highest BCUT2D eigenvalue weighted by Gasteiger charge is 2.22. The van der Waals surface area contributed by atoms with E-state index in [1.807, 2.05) is 44.5 Å². The Morgan fingerprint density at radius 1 is 1.22 bits per heavy atom. The molecule has 0 radical (unpaired) electrons. The zero-order valence-electron chi connectivity index (χ0n) is 13.6. The van der Waals surface area contributed by atoms with Crippen LogP contribution >= 0.6 is 22.7 Å². The fourth-order valence-electron chi connectivity index (χ4n) is 2.33. The molecule has 1 amide bonds. The molecular weight excluding hydrogens is 332 g/mol. The maximum Gasteiger partial charge on any atom is 0.358 e. The number of ether oxygens (including phenoxy) is 1. The van der Waals surface area contributed by atoms with E-state index in [-0.39, 0.29) is 30.3 Å². The Bertz CT molecular complexity index is 655. The van der Waals surface area contributed by atoms with Crippen molar-refractivity contribution in [3.63, 3.8) is 0 Å². The van der Waals surface area contributed by atoms with Crippen LogP contribution in [0.2, 0.25) is 0 Å². The molecule has 0 N–H and O–H groups in total. The molecule has 0 aromatic carbocycles. The van der Waals surface area contributed by atoms with Gasteiger partial charge in [-0.1, -0.05) is 0 Å². The first-order valence-corrected chi connectivity index (χ1v) is 9.18. The molecular formula is C16H20N2O3S2. The molecule has 0 spiro atoms. The van der Waals surface area contributed by atoms with Crippen molar-refractivity contribution in [3.05, 3.63) is 27.9 Å². The predicted octanol–water partition coefficient (Wildman–Crippen LogP) is 3.67. The van der Waals surface area contributed by atoms with Crippen molar-refractivity contribution in [2.24, 2.45) is 0 Å². The molecule has 0 saturated heterocycles. The highest BCUT2D eigenvalue weighted by atomic mass is 32.1. The molecule has 124 valence electrons. The van der Waals surface area contributed by atoms with E-state index in [2.05, 4.69) is 4.98 Å². The summed E-state index contributed by atoms with van der Waals surface area (Å²) in [6.07, 6.45) is 0. The van der Waals surface area contributed by atoms with Gasteiger partial charge < -0.3 is 9.64 Å². The summed E-state index contributed by atoms with van der Waals surface area (Å²) in [6, 6.07) is 2.07. The Balaban J connectivity index is 1.96. The fourth-order valence-corrected chi connectivity index (χ4v) is 3.84. The minimum absolute atomic E-state index is 0.0608. The molecule has 2 aromatic heterocycles. The van der Waals surface area contributed by atoms with Crippen molar-refractivity contribution in [1.29, 1.82) is 0 Å². The molecule has 2 rings (SSSR count). The average Bonchev–Trinajstić information content (AvgIpc) is 3.14. The highest BCUT2D eigenvalue weighted by molar-refractivity contribution is 7.14. The lowest BCUT2D eigenvalue weighted by molar-refractivity contribution is -0.138. The van der Waals surface area contributed by atoms with Crippen LogP contribution in [-0.4, -0.2) is 40.5 Å². The van der Waals surface area contributed by atoms with E-state index in [1.54, 1.807) is 21.6 Å². The lowest BCUT2D eigenvalue weighted by Crippen LogP contribution is -2.44. The predicted molar refractivity (Wildman–Crippen MR) is 92.8 cm³/mol. The van der Waals surface area contributed by atoms with Gasteiger partial charge in [-0.05, 0) is 39.1 Å². The molecule has 0 unspecified atom stereocenters. The largest absolute Gasteiger partial charge is 0.451 e. The van der Waals surface area contributed by atoms with E-state index in [0.717, 1.165) is 10.6 Å². The van der Waals surface area contributed by atoms with Crippen molar-refractivity contribution < 1.29 is 14.3 Å². The first-order chi connectivity index (χ1) is 10.9. The van der Waals surface area contributed by atoms with Gasteiger partial charge in [-0.2, -0.15) is 11.3 Å². The molecule has 0 aliphatic rings. The van der Waals surface area contributed by atoms with E-state index < -0.39 is 5.97 Å². The highest BCUT2D eigenvalue weighted by Crippen LogP contribution is 2.25. The van der Waals surface area contributed by atoms with Gasteiger partial charge in [-0.3, -0.25) is 4.79 Å². The van der Waals surface area contributed by atoms with Crippen LogP contribution in [0.15, 0.2) is 22.2 Å². The molecule has 5 nitrogen and oxygen atoms in total. The van der Waals surface area contributed by atoms with E-state index >= 15 is 0 Å². The van der Waals surface area contributed by atoms with Crippen molar-refractivity contribution >= 4 is 34.6 Å². The zero-order valence-corrected chi connectivity index (χ0v) is 15.2. The lowest BCUT2D eigenvalue weighted by atomic mass is 10.2. The maximum atomic E-state index is 12.2. The summed E-state index contributed by atoms with van der Waals surface area (Å²) >= 11 is 2.96. The van der Waals surface area contributed by atoms with Crippen molar-refractivity contribution in [3.8, 4) is 10.6 Å². The molecule has 0 aliphatic carbocycles. The Hall–Kier alpha value is -1.73. The Labute approximate surface area is 143 Å².